The van der Waals surface area contributed by atoms with E-state index in [-0.39, 0.29) is 6.04 Å². The first-order valence-electron chi connectivity index (χ1n) is 7.96. The number of benzene rings is 1. The molecular weight excluding hydrogens is 312 g/mol. The van der Waals surface area contributed by atoms with Gasteiger partial charge in [0.2, 0.25) is 0 Å². The molecule has 3 atom stereocenters. The van der Waals surface area contributed by atoms with Gasteiger partial charge in [0.15, 0.2) is 0 Å². The van der Waals surface area contributed by atoms with Crippen molar-refractivity contribution >= 4 is 21.6 Å². The van der Waals surface area contributed by atoms with Crippen LogP contribution in [0.2, 0.25) is 0 Å². The Bertz CT molecular complexity index is 462. The Morgan fingerprint density at radius 1 is 1.30 bits per heavy atom. The van der Waals surface area contributed by atoms with Crippen molar-refractivity contribution in [1.82, 2.24) is 0 Å². The fourth-order valence-corrected chi connectivity index (χ4v) is 4.30. The summed E-state index contributed by atoms with van der Waals surface area (Å²) in [6, 6.07) is 7.09. The van der Waals surface area contributed by atoms with Crippen LogP contribution < -0.4 is 10.6 Å². The largest absolute Gasteiger partial charge is 0.371 e. The van der Waals surface area contributed by atoms with Gasteiger partial charge >= 0.3 is 0 Å². The molecule has 3 heteroatoms. The number of rotatable bonds is 4. The first kappa shape index (κ1) is 14.4. The summed E-state index contributed by atoms with van der Waals surface area (Å²) < 4.78 is 1.22. The quantitative estimate of drug-likeness (QED) is 0.901. The van der Waals surface area contributed by atoms with Crippen molar-refractivity contribution in [3.8, 4) is 0 Å². The summed E-state index contributed by atoms with van der Waals surface area (Å²) in [6.07, 6.45) is 6.31. The third-order valence-electron chi connectivity index (χ3n) is 5.13. The molecule has 1 aromatic rings. The summed E-state index contributed by atoms with van der Waals surface area (Å²) in [4.78, 5) is 2.57. The zero-order valence-electron chi connectivity index (χ0n) is 12.3. The molecule has 3 unspecified atom stereocenters. The number of nitrogens with two attached hydrogens (primary N) is 1. The Balaban J connectivity index is 1.71. The van der Waals surface area contributed by atoms with E-state index in [0.717, 1.165) is 24.7 Å². The maximum absolute atomic E-state index is 6.06. The number of halogens is 1. The molecule has 1 saturated carbocycles. The summed E-state index contributed by atoms with van der Waals surface area (Å²) in [5.74, 6) is 1.89. The Kier molecular flexibility index (Phi) is 4.37. The van der Waals surface area contributed by atoms with Gasteiger partial charge in [0.05, 0.1) is 0 Å². The van der Waals surface area contributed by atoms with Crippen molar-refractivity contribution in [3.63, 3.8) is 0 Å². The van der Waals surface area contributed by atoms with Crippen LogP contribution in [-0.2, 0) is 6.42 Å². The predicted molar refractivity (Wildman–Crippen MR) is 89.2 cm³/mol. The lowest BCUT2D eigenvalue weighted by Gasteiger charge is -2.21. The number of fused-ring (bicyclic) bond motifs is 1. The fourth-order valence-electron chi connectivity index (χ4n) is 3.77. The predicted octanol–water partition coefficient (Wildman–Crippen LogP) is 3.97. The van der Waals surface area contributed by atoms with Gasteiger partial charge in [0, 0.05) is 29.3 Å². The van der Waals surface area contributed by atoms with E-state index in [4.69, 9.17) is 5.73 Å². The average Bonchev–Trinajstić information content (AvgIpc) is 3.01. The molecule has 2 nitrogen and oxygen atoms in total. The lowest BCUT2D eigenvalue weighted by Crippen LogP contribution is -2.22. The summed E-state index contributed by atoms with van der Waals surface area (Å²) >= 11 is 3.73. The second kappa shape index (κ2) is 6.07. The molecule has 1 aromatic carbocycles. The van der Waals surface area contributed by atoms with Crippen LogP contribution in [0.15, 0.2) is 22.7 Å². The van der Waals surface area contributed by atoms with Crippen LogP contribution >= 0.6 is 15.9 Å². The van der Waals surface area contributed by atoms with Crippen molar-refractivity contribution in [2.75, 3.05) is 18.0 Å². The van der Waals surface area contributed by atoms with Gasteiger partial charge in [-0.2, -0.15) is 0 Å². The molecule has 0 amide bonds. The molecule has 0 bridgehead atoms. The molecule has 2 aliphatic rings. The molecule has 0 aromatic heterocycles. The smallest absolute Gasteiger partial charge is 0.0377 e. The van der Waals surface area contributed by atoms with Crippen LogP contribution in [0.4, 0.5) is 5.69 Å². The van der Waals surface area contributed by atoms with Gasteiger partial charge in [-0.15, -0.1) is 0 Å². The Labute approximate surface area is 130 Å². The molecule has 110 valence electrons. The highest BCUT2D eigenvalue weighted by atomic mass is 79.9. The van der Waals surface area contributed by atoms with E-state index < -0.39 is 0 Å². The number of hydrogen-bond donors (Lipinski definition) is 1. The summed E-state index contributed by atoms with van der Waals surface area (Å²) in [5.41, 5.74) is 8.78. The van der Waals surface area contributed by atoms with Crippen molar-refractivity contribution < 1.29 is 0 Å². The zero-order valence-corrected chi connectivity index (χ0v) is 13.9. The minimum absolute atomic E-state index is 0.267. The molecule has 2 fully saturated rings. The third kappa shape index (κ3) is 2.89. The Morgan fingerprint density at radius 3 is 2.60 bits per heavy atom. The third-order valence-corrected chi connectivity index (χ3v) is 5.87. The maximum atomic E-state index is 6.06. The average molecular weight is 337 g/mol. The van der Waals surface area contributed by atoms with Crippen LogP contribution in [0.3, 0.4) is 0 Å². The molecule has 1 aliphatic heterocycles. The Hall–Kier alpha value is -0.540. The van der Waals surface area contributed by atoms with E-state index in [1.807, 2.05) is 0 Å². The van der Waals surface area contributed by atoms with Crippen LogP contribution in [-0.4, -0.2) is 19.1 Å². The standard InChI is InChI=1S/C17H25BrN2/c1-2-15(19)8-12-6-7-16(9-17(12)18)20-10-13-4-3-5-14(13)11-20/h6-7,9,13-15H,2-5,8,10-11,19H2,1H3. The van der Waals surface area contributed by atoms with Crippen LogP contribution in [0.5, 0.6) is 0 Å². The highest BCUT2D eigenvalue weighted by Crippen LogP contribution is 2.40. The summed E-state index contributed by atoms with van der Waals surface area (Å²) in [6.45, 7) is 4.66. The van der Waals surface area contributed by atoms with Gasteiger partial charge in [-0.05, 0) is 55.2 Å². The lowest BCUT2D eigenvalue weighted by atomic mass is 10.0. The van der Waals surface area contributed by atoms with Gasteiger partial charge in [-0.25, -0.2) is 0 Å². The van der Waals surface area contributed by atoms with Crippen LogP contribution in [0, 0.1) is 11.8 Å². The molecule has 3 rings (SSSR count). The van der Waals surface area contributed by atoms with E-state index in [2.05, 4.69) is 46.0 Å². The summed E-state index contributed by atoms with van der Waals surface area (Å²) in [7, 11) is 0. The topological polar surface area (TPSA) is 29.3 Å². The normalized spacial score (nSPS) is 26.9. The van der Waals surface area contributed by atoms with Crippen molar-refractivity contribution in [2.45, 2.75) is 45.1 Å². The zero-order chi connectivity index (χ0) is 14.1. The maximum Gasteiger partial charge on any atom is 0.0377 e. The minimum atomic E-state index is 0.267. The molecule has 1 aliphatic carbocycles. The van der Waals surface area contributed by atoms with Crippen LogP contribution in [0.25, 0.3) is 0 Å². The van der Waals surface area contributed by atoms with E-state index in [0.29, 0.717) is 0 Å². The SMILES string of the molecule is CCC(N)Cc1ccc(N2CC3CCCC3C2)cc1Br. The molecule has 2 N–H and O–H groups in total. The van der Waals surface area contributed by atoms with Gasteiger partial charge in [0.25, 0.3) is 0 Å². The van der Waals surface area contributed by atoms with Gasteiger partial charge in [-0.3, -0.25) is 0 Å². The number of anilines is 1. The van der Waals surface area contributed by atoms with Gasteiger partial charge in [-0.1, -0.05) is 35.3 Å². The van der Waals surface area contributed by atoms with Gasteiger partial charge in [0.1, 0.15) is 0 Å². The first-order valence-corrected chi connectivity index (χ1v) is 8.75. The first-order chi connectivity index (χ1) is 9.67. The molecule has 1 saturated heterocycles. The minimum Gasteiger partial charge on any atom is -0.371 e. The second-order valence-corrected chi connectivity index (χ2v) is 7.36. The highest BCUT2D eigenvalue weighted by Gasteiger charge is 2.36. The molecule has 1 heterocycles. The molecule has 0 spiro atoms. The summed E-state index contributed by atoms with van der Waals surface area (Å²) in [5, 5.41) is 0. The van der Waals surface area contributed by atoms with Crippen molar-refractivity contribution in [3.05, 3.63) is 28.2 Å². The van der Waals surface area contributed by atoms with E-state index in [1.165, 1.54) is 48.1 Å². The lowest BCUT2D eigenvalue weighted by molar-refractivity contribution is 0.494. The highest BCUT2D eigenvalue weighted by molar-refractivity contribution is 9.10. The van der Waals surface area contributed by atoms with Crippen molar-refractivity contribution in [2.24, 2.45) is 17.6 Å². The van der Waals surface area contributed by atoms with Gasteiger partial charge < -0.3 is 10.6 Å². The fraction of sp³-hybridized carbons (Fsp3) is 0.647. The van der Waals surface area contributed by atoms with E-state index in [9.17, 15) is 0 Å². The number of hydrogen-bond acceptors (Lipinski definition) is 2. The molecular formula is C17H25BrN2. The van der Waals surface area contributed by atoms with Crippen LogP contribution in [0.1, 0.15) is 38.2 Å². The van der Waals surface area contributed by atoms with E-state index >= 15 is 0 Å². The van der Waals surface area contributed by atoms with Crippen molar-refractivity contribution in [1.29, 1.82) is 0 Å². The molecule has 20 heavy (non-hydrogen) atoms. The second-order valence-electron chi connectivity index (χ2n) is 6.50. The van der Waals surface area contributed by atoms with E-state index in [1.54, 1.807) is 0 Å². The number of nitrogens with zero attached hydrogens (tertiary/aromatic N) is 1. The monoisotopic (exact) mass is 336 g/mol. The Morgan fingerprint density at radius 2 is 2.00 bits per heavy atom. The molecule has 0 radical (unpaired) electrons.